The number of rotatable bonds is 5. The molecule has 10 heteroatoms. The van der Waals surface area contributed by atoms with E-state index in [0.29, 0.717) is 30.9 Å². The summed E-state index contributed by atoms with van der Waals surface area (Å²) >= 11 is 5.27. The predicted octanol–water partition coefficient (Wildman–Crippen LogP) is 2.37. The topological polar surface area (TPSA) is 103 Å². The number of amides is 3. The first kappa shape index (κ1) is 24.6. The fourth-order valence-electron chi connectivity index (χ4n) is 4.53. The Hall–Kier alpha value is -3.50. The van der Waals surface area contributed by atoms with Gasteiger partial charge in [0, 0.05) is 18.3 Å². The van der Waals surface area contributed by atoms with Crippen LogP contribution in [0.4, 0.5) is 11.4 Å². The van der Waals surface area contributed by atoms with E-state index in [0.717, 1.165) is 17.7 Å². The van der Waals surface area contributed by atoms with Gasteiger partial charge in [-0.2, -0.15) is 0 Å². The number of ether oxygens (including phenoxy) is 1. The maximum Gasteiger partial charge on any atom is 0.251 e. The van der Waals surface area contributed by atoms with Gasteiger partial charge >= 0.3 is 0 Å². The number of likely N-dealkylation sites (tertiary alicyclic amines) is 1. The van der Waals surface area contributed by atoms with Crippen LogP contribution in [0.15, 0.2) is 48.5 Å². The summed E-state index contributed by atoms with van der Waals surface area (Å²) in [6, 6.07) is 14.1. The van der Waals surface area contributed by atoms with Crippen molar-refractivity contribution in [2.24, 2.45) is 5.92 Å². The van der Waals surface area contributed by atoms with Crippen molar-refractivity contribution in [2.45, 2.75) is 32.2 Å². The normalized spacial score (nSPS) is 20.5. The van der Waals surface area contributed by atoms with Crippen LogP contribution in [0.2, 0.25) is 0 Å². The van der Waals surface area contributed by atoms with Crippen molar-refractivity contribution in [1.29, 1.82) is 0 Å². The number of hydrogen-bond donors (Lipinski definition) is 3. The minimum atomic E-state index is -0.553. The van der Waals surface area contributed by atoms with Gasteiger partial charge < -0.3 is 10.1 Å². The van der Waals surface area contributed by atoms with E-state index in [4.69, 9.17) is 17.0 Å². The molecule has 3 N–H and O–H groups in total. The smallest absolute Gasteiger partial charge is 0.251 e. The molecule has 35 heavy (non-hydrogen) atoms. The van der Waals surface area contributed by atoms with E-state index in [-0.39, 0.29) is 35.2 Å². The van der Waals surface area contributed by atoms with E-state index in [2.05, 4.69) is 16.2 Å². The number of imide groups is 1. The van der Waals surface area contributed by atoms with Crippen molar-refractivity contribution < 1.29 is 19.1 Å². The zero-order valence-corrected chi connectivity index (χ0v) is 20.6. The molecule has 2 aliphatic rings. The number of anilines is 2. The lowest BCUT2D eigenvalue weighted by atomic mass is 9.95. The average Bonchev–Trinajstić information content (AvgIpc) is 3.16. The Balaban J connectivity index is 1.32. The van der Waals surface area contributed by atoms with Crippen LogP contribution >= 0.6 is 12.2 Å². The molecule has 0 saturated carbocycles. The molecule has 3 amide bonds. The first-order valence-corrected chi connectivity index (χ1v) is 11.9. The summed E-state index contributed by atoms with van der Waals surface area (Å²) < 4.78 is 5.19. The first-order chi connectivity index (χ1) is 16.9. The van der Waals surface area contributed by atoms with E-state index >= 15 is 0 Å². The molecular formula is C25H29N5O4S. The fraction of sp³-hybridized carbons (Fsp3) is 0.360. The van der Waals surface area contributed by atoms with Crippen molar-refractivity contribution in [1.82, 2.24) is 15.8 Å². The third-order valence-electron chi connectivity index (χ3n) is 6.27. The summed E-state index contributed by atoms with van der Waals surface area (Å²) in [6.45, 7) is 2.99. The number of nitrogens with zero attached hydrogens (tertiary/aromatic N) is 2. The van der Waals surface area contributed by atoms with Gasteiger partial charge in [-0.15, -0.1) is 0 Å². The summed E-state index contributed by atoms with van der Waals surface area (Å²) in [4.78, 5) is 41.9. The molecule has 0 unspecified atom stereocenters. The van der Waals surface area contributed by atoms with E-state index < -0.39 is 6.04 Å². The molecule has 2 saturated heterocycles. The third-order valence-corrected chi connectivity index (χ3v) is 6.48. The van der Waals surface area contributed by atoms with Crippen LogP contribution in [0, 0.1) is 12.8 Å². The van der Waals surface area contributed by atoms with Gasteiger partial charge in [-0.25, -0.2) is 4.90 Å². The summed E-state index contributed by atoms with van der Waals surface area (Å²) in [6.07, 6.45) is 1.57. The summed E-state index contributed by atoms with van der Waals surface area (Å²) in [5.41, 5.74) is 7.69. The quantitative estimate of drug-likeness (QED) is 0.330. The van der Waals surface area contributed by atoms with Gasteiger partial charge in [0.1, 0.15) is 5.75 Å². The predicted molar refractivity (Wildman–Crippen MR) is 137 cm³/mol. The number of thiocarbonyl (C=S) groups is 1. The second kappa shape index (κ2) is 10.8. The third kappa shape index (κ3) is 5.77. The van der Waals surface area contributed by atoms with E-state index in [1.807, 2.05) is 48.2 Å². The number of carbonyl (C=O) groups excluding carboxylic acids is 3. The maximum atomic E-state index is 13.2. The van der Waals surface area contributed by atoms with Crippen molar-refractivity contribution in [3.63, 3.8) is 0 Å². The van der Waals surface area contributed by atoms with Crippen LogP contribution in [0.25, 0.3) is 0 Å². The monoisotopic (exact) mass is 495 g/mol. The van der Waals surface area contributed by atoms with Crippen molar-refractivity contribution >= 4 is 46.4 Å². The van der Waals surface area contributed by atoms with Crippen molar-refractivity contribution in [2.75, 3.05) is 30.4 Å². The molecule has 9 nitrogen and oxygen atoms in total. The largest absolute Gasteiger partial charge is 0.497 e. The number of aryl methyl sites for hydroxylation is 1. The molecule has 2 aliphatic heterocycles. The molecule has 2 aromatic rings. The molecular weight excluding hydrogens is 466 g/mol. The first-order valence-electron chi connectivity index (χ1n) is 11.5. The molecule has 0 aromatic heterocycles. The standard InChI is InChI=1S/C25H29N5O4S/c1-16-6-3-9-19(12-16)30-22(31)14-21(24(30)33)29-11-5-7-17(15-29)23(32)27-28-25(35)26-18-8-4-10-20(13-18)34-2/h3-4,6,8-10,12-13,17,21H,5,7,11,14-15H2,1-2H3,(H,27,32)(H2,26,28,35)/t17-,21+/m0/s1. The molecule has 0 spiro atoms. The van der Waals surface area contributed by atoms with Crippen LogP contribution in [-0.2, 0) is 14.4 Å². The highest BCUT2D eigenvalue weighted by Gasteiger charge is 2.44. The molecule has 2 heterocycles. The van der Waals surface area contributed by atoms with Gasteiger partial charge in [-0.1, -0.05) is 18.2 Å². The van der Waals surface area contributed by atoms with E-state index in [1.165, 1.54) is 4.90 Å². The van der Waals surface area contributed by atoms with Crippen LogP contribution < -0.4 is 25.8 Å². The second-order valence-corrected chi connectivity index (χ2v) is 9.17. The molecule has 184 valence electrons. The number of benzene rings is 2. The number of hydrazine groups is 1. The van der Waals surface area contributed by atoms with Crippen LogP contribution in [0.5, 0.6) is 5.75 Å². The molecule has 2 fully saturated rings. The highest BCUT2D eigenvalue weighted by atomic mass is 32.1. The minimum Gasteiger partial charge on any atom is -0.497 e. The van der Waals surface area contributed by atoms with Crippen LogP contribution in [0.3, 0.4) is 0 Å². The van der Waals surface area contributed by atoms with E-state index in [9.17, 15) is 14.4 Å². The van der Waals surface area contributed by atoms with Gasteiger partial charge in [0.05, 0.1) is 31.2 Å². The van der Waals surface area contributed by atoms with E-state index in [1.54, 1.807) is 19.2 Å². The highest BCUT2D eigenvalue weighted by molar-refractivity contribution is 7.80. The Morgan fingerprint density at radius 1 is 1.11 bits per heavy atom. The number of methoxy groups -OCH3 is 1. The lowest BCUT2D eigenvalue weighted by molar-refractivity contribution is -0.130. The van der Waals surface area contributed by atoms with Crippen molar-refractivity contribution in [3.8, 4) is 5.75 Å². The molecule has 2 atom stereocenters. The SMILES string of the molecule is COc1cccc(NC(=S)NNC(=O)[C@H]2CCCN([C@@H]3CC(=O)N(c4cccc(C)c4)C3=O)C2)c1. The highest BCUT2D eigenvalue weighted by Crippen LogP contribution is 2.29. The van der Waals surface area contributed by atoms with Gasteiger partial charge in [0.2, 0.25) is 11.8 Å². The second-order valence-electron chi connectivity index (χ2n) is 8.76. The summed E-state index contributed by atoms with van der Waals surface area (Å²) in [5, 5.41) is 3.23. The fourth-order valence-corrected chi connectivity index (χ4v) is 4.70. The minimum absolute atomic E-state index is 0.119. The van der Waals surface area contributed by atoms with Crippen LogP contribution in [0.1, 0.15) is 24.8 Å². The maximum absolute atomic E-state index is 13.2. The van der Waals surface area contributed by atoms with Gasteiger partial charge in [-0.3, -0.25) is 30.1 Å². The zero-order chi connectivity index (χ0) is 24.9. The van der Waals surface area contributed by atoms with Crippen LogP contribution in [-0.4, -0.2) is 54.0 Å². The number of hydrogen-bond acceptors (Lipinski definition) is 6. The number of carbonyl (C=O) groups is 3. The molecule has 2 aromatic carbocycles. The van der Waals surface area contributed by atoms with Gasteiger partial charge in [-0.05, 0) is 68.4 Å². The number of piperidine rings is 1. The molecule has 4 rings (SSSR count). The molecule has 0 radical (unpaired) electrons. The Labute approximate surface area is 209 Å². The average molecular weight is 496 g/mol. The number of nitrogens with one attached hydrogen (secondary N) is 3. The summed E-state index contributed by atoms with van der Waals surface area (Å²) in [7, 11) is 1.58. The Kier molecular flexibility index (Phi) is 7.62. The van der Waals surface area contributed by atoms with Crippen molar-refractivity contribution in [3.05, 3.63) is 54.1 Å². The molecule has 0 bridgehead atoms. The lowest BCUT2D eigenvalue weighted by Gasteiger charge is -2.34. The zero-order valence-electron chi connectivity index (χ0n) is 19.7. The Bertz CT molecular complexity index is 1140. The molecule has 0 aliphatic carbocycles. The van der Waals surface area contributed by atoms with Gasteiger partial charge in [0.15, 0.2) is 5.11 Å². The lowest BCUT2D eigenvalue weighted by Crippen LogP contribution is -2.52. The Morgan fingerprint density at radius 2 is 1.91 bits per heavy atom. The van der Waals surface area contributed by atoms with Gasteiger partial charge in [0.25, 0.3) is 5.91 Å². The summed E-state index contributed by atoms with van der Waals surface area (Å²) in [5.74, 6) is -0.301. The Morgan fingerprint density at radius 3 is 2.69 bits per heavy atom.